The maximum atomic E-state index is 13.8. The Morgan fingerprint density at radius 2 is 2.21 bits per heavy atom. The number of ketones is 1. The quantitative estimate of drug-likeness (QED) is 0.721. The number of halogens is 1. The molecule has 0 aliphatic carbocycles. The van der Waals surface area contributed by atoms with Crippen LogP contribution in [0.1, 0.15) is 36.8 Å². The number of carbonyl (C=O) groups excluding carboxylic acids is 2. The van der Waals surface area contributed by atoms with Gasteiger partial charge in [-0.2, -0.15) is 4.98 Å². The molecular formula is C15H23FN4O4. The zero-order chi connectivity index (χ0) is 17.9. The van der Waals surface area contributed by atoms with Gasteiger partial charge in [-0.3, -0.25) is 9.59 Å². The van der Waals surface area contributed by atoms with Crippen LogP contribution in [-0.2, 0) is 9.53 Å². The van der Waals surface area contributed by atoms with Crippen molar-refractivity contribution in [1.29, 1.82) is 0 Å². The SMILES string of the molecule is COCC(C)(C)NCC(=O)N1C[C@@H](F)CC1C(=O)c1noc(C)n1. The Hall–Kier alpha value is -1.87. The van der Waals surface area contributed by atoms with Crippen molar-refractivity contribution in [3.8, 4) is 0 Å². The number of aromatic nitrogens is 2. The highest BCUT2D eigenvalue weighted by Crippen LogP contribution is 2.23. The van der Waals surface area contributed by atoms with Gasteiger partial charge in [-0.15, -0.1) is 0 Å². The van der Waals surface area contributed by atoms with E-state index in [9.17, 15) is 14.0 Å². The van der Waals surface area contributed by atoms with Gasteiger partial charge in [0, 0.05) is 26.0 Å². The van der Waals surface area contributed by atoms with Crippen LogP contribution in [0.25, 0.3) is 0 Å². The minimum absolute atomic E-state index is 0.0157. The second-order valence-corrected chi connectivity index (χ2v) is 6.57. The summed E-state index contributed by atoms with van der Waals surface area (Å²) in [5.41, 5.74) is -0.413. The third kappa shape index (κ3) is 4.35. The van der Waals surface area contributed by atoms with Gasteiger partial charge in [0.05, 0.1) is 19.7 Å². The summed E-state index contributed by atoms with van der Waals surface area (Å²) in [6.45, 7) is 5.61. The molecule has 1 N–H and O–H groups in total. The second kappa shape index (κ2) is 7.35. The number of methoxy groups -OCH3 is 1. The number of aryl methyl sites for hydroxylation is 1. The van der Waals surface area contributed by atoms with E-state index in [-0.39, 0.29) is 37.1 Å². The lowest BCUT2D eigenvalue weighted by Crippen LogP contribution is -2.51. The lowest BCUT2D eigenvalue weighted by Gasteiger charge is -2.28. The molecule has 8 nitrogen and oxygen atoms in total. The first kappa shape index (κ1) is 18.5. The molecule has 1 aromatic heterocycles. The van der Waals surface area contributed by atoms with Crippen LogP contribution >= 0.6 is 0 Å². The molecule has 2 atom stereocenters. The van der Waals surface area contributed by atoms with Crippen LogP contribution in [0.2, 0.25) is 0 Å². The largest absolute Gasteiger partial charge is 0.383 e. The van der Waals surface area contributed by atoms with Crippen molar-refractivity contribution < 1.29 is 23.2 Å². The van der Waals surface area contributed by atoms with Gasteiger partial charge in [-0.25, -0.2) is 4.39 Å². The standard InChI is InChI=1S/C15H23FN4O4/c1-9-18-14(19-24-9)13(22)11-5-10(16)7-20(11)12(21)6-17-15(2,3)8-23-4/h10-11,17H,5-8H2,1-4H3/t10-,11?/m0/s1. The van der Waals surface area contributed by atoms with Gasteiger partial charge in [-0.1, -0.05) is 5.16 Å². The smallest absolute Gasteiger partial charge is 0.240 e. The molecule has 1 aromatic rings. The monoisotopic (exact) mass is 342 g/mol. The van der Waals surface area contributed by atoms with Crippen molar-refractivity contribution in [3.05, 3.63) is 11.7 Å². The van der Waals surface area contributed by atoms with Crippen LogP contribution in [0.4, 0.5) is 4.39 Å². The van der Waals surface area contributed by atoms with Crippen LogP contribution in [0, 0.1) is 6.92 Å². The maximum absolute atomic E-state index is 13.8. The van der Waals surface area contributed by atoms with Crippen molar-refractivity contribution >= 4 is 11.7 Å². The molecule has 2 rings (SSSR count). The van der Waals surface area contributed by atoms with Crippen LogP contribution < -0.4 is 5.32 Å². The van der Waals surface area contributed by atoms with E-state index in [0.717, 1.165) is 0 Å². The summed E-state index contributed by atoms with van der Waals surface area (Å²) >= 11 is 0. The van der Waals surface area contributed by atoms with Gasteiger partial charge in [-0.05, 0) is 13.8 Å². The zero-order valence-electron chi connectivity index (χ0n) is 14.3. The first-order valence-corrected chi connectivity index (χ1v) is 7.75. The number of alkyl halides is 1. The summed E-state index contributed by atoms with van der Waals surface area (Å²) in [5, 5.41) is 6.62. The molecule has 1 unspecified atom stereocenters. The van der Waals surface area contributed by atoms with Crippen molar-refractivity contribution in [3.63, 3.8) is 0 Å². The lowest BCUT2D eigenvalue weighted by molar-refractivity contribution is -0.131. The Morgan fingerprint density at radius 3 is 2.79 bits per heavy atom. The Morgan fingerprint density at radius 1 is 1.50 bits per heavy atom. The molecule has 0 spiro atoms. The molecule has 134 valence electrons. The number of hydrogen-bond acceptors (Lipinski definition) is 7. The van der Waals surface area contributed by atoms with Crippen LogP contribution in [-0.4, -0.2) is 71.3 Å². The van der Waals surface area contributed by atoms with Gasteiger partial charge in [0.15, 0.2) is 0 Å². The Labute approximate surface area is 139 Å². The molecule has 1 fully saturated rings. The average molecular weight is 342 g/mol. The van der Waals surface area contributed by atoms with Crippen LogP contribution in [0.15, 0.2) is 4.52 Å². The highest BCUT2D eigenvalue weighted by Gasteiger charge is 2.41. The van der Waals surface area contributed by atoms with E-state index in [2.05, 4.69) is 15.5 Å². The number of rotatable bonds is 7. The summed E-state index contributed by atoms with van der Waals surface area (Å²) in [7, 11) is 1.57. The van der Waals surface area contributed by atoms with Gasteiger partial charge in [0.2, 0.25) is 23.4 Å². The average Bonchev–Trinajstić information content (AvgIpc) is 3.10. The normalized spacial score (nSPS) is 21.3. The van der Waals surface area contributed by atoms with E-state index in [4.69, 9.17) is 9.26 Å². The third-order valence-corrected chi connectivity index (χ3v) is 3.84. The fourth-order valence-electron chi connectivity index (χ4n) is 2.69. The predicted molar refractivity (Wildman–Crippen MR) is 82.3 cm³/mol. The molecule has 9 heteroatoms. The van der Waals surface area contributed by atoms with E-state index in [1.165, 1.54) is 4.90 Å². The summed E-state index contributed by atoms with van der Waals surface area (Å²) in [6.07, 6.45) is -1.30. The number of hydrogen-bond donors (Lipinski definition) is 1. The van der Waals surface area contributed by atoms with Crippen molar-refractivity contribution in [2.75, 3.05) is 26.8 Å². The summed E-state index contributed by atoms with van der Waals surface area (Å²) in [5.74, 6) is -0.736. The van der Waals surface area contributed by atoms with E-state index in [1.807, 2.05) is 13.8 Å². The minimum atomic E-state index is -1.25. The maximum Gasteiger partial charge on any atom is 0.240 e. The number of ether oxygens (including phenoxy) is 1. The molecule has 2 heterocycles. The van der Waals surface area contributed by atoms with E-state index < -0.39 is 23.5 Å². The van der Waals surface area contributed by atoms with Gasteiger partial charge in [0.1, 0.15) is 12.2 Å². The zero-order valence-corrected chi connectivity index (χ0v) is 14.3. The summed E-state index contributed by atoms with van der Waals surface area (Å²) in [6, 6.07) is -0.906. The molecule has 1 aliphatic rings. The van der Waals surface area contributed by atoms with Gasteiger partial charge in [0.25, 0.3) is 0 Å². The molecule has 24 heavy (non-hydrogen) atoms. The number of amides is 1. The molecule has 0 bridgehead atoms. The fraction of sp³-hybridized carbons (Fsp3) is 0.733. The topological polar surface area (TPSA) is 97.6 Å². The van der Waals surface area contributed by atoms with E-state index in [0.29, 0.717) is 6.61 Å². The minimum Gasteiger partial charge on any atom is -0.383 e. The van der Waals surface area contributed by atoms with Crippen molar-refractivity contribution in [2.45, 2.75) is 44.9 Å². The molecule has 1 amide bonds. The van der Waals surface area contributed by atoms with Gasteiger partial charge < -0.3 is 19.5 Å². The highest BCUT2D eigenvalue weighted by atomic mass is 19.1. The molecule has 0 saturated carbocycles. The molecule has 1 aliphatic heterocycles. The molecule has 0 aromatic carbocycles. The number of nitrogens with one attached hydrogen (secondary N) is 1. The Bertz CT molecular complexity index is 604. The number of nitrogens with zero attached hydrogens (tertiary/aromatic N) is 3. The number of Topliss-reactive ketones (excluding diaryl/α,β-unsaturated/α-hetero) is 1. The van der Waals surface area contributed by atoms with Gasteiger partial charge >= 0.3 is 0 Å². The summed E-state index contributed by atoms with van der Waals surface area (Å²) < 4.78 is 23.7. The first-order valence-electron chi connectivity index (χ1n) is 7.75. The number of likely N-dealkylation sites (tertiary alicyclic amines) is 1. The predicted octanol–water partition coefficient (Wildman–Crippen LogP) is 0.514. The van der Waals surface area contributed by atoms with Crippen molar-refractivity contribution in [2.24, 2.45) is 0 Å². The molecule has 1 saturated heterocycles. The third-order valence-electron chi connectivity index (χ3n) is 3.84. The molecule has 0 radical (unpaired) electrons. The van der Waals surface area contributed by atoms with Crippen molar-refractivity contribution in [1.82, 2.24) is 20.4 Å². The lowest BCUT2D eigenvalue weighted by atomic mass is 10.1. The second-order valence-electron chi connectivity index (χ2n) is 6.57. The van der Waals surface area contributed by atoms with Crippen LogP contribution in [0.5, 0.6) is 0 Å². The van der Waals surface area contributed by atoms with Crippen LogP contribution in [0.3, 0.4) is 0 Å². The van der Waals surface area contributed by atoms with E-state index >= 15 is 0 Å². The summed E-state index contributed by atoms with van der Waals surface area (Å²) in [4.78, 5) is 30.0. The Balaban J connectivity index is 2.04. The Kier molecular flexibility index (Phi) is 5.66. The molecular weight excluding hydrogens is 319 g/mol. The number of carbonyl (C=O) groups is 2. The fourth-order valence-corrected chi connectivity index (χ4v) is 2.69. The first-order chi connectivity index (χ1) is 11.2. The highest BCUT2D eigenvalue weighted by molar-refractivity contribution is 5.99. The van der Waals surface area contributed by atoms with E-state index in [1.54, 1.807) is 14.0 Å².